The number of phenolic OH excluding ortho intramolecular Hbond substituents is 1. The first-order chi connectivity index (χ1) is 8.61. The number of aromatic hydroxyl groups is 1. The fourth-order valence-electron chi connectivity index (χ4n) is 1.89. The van der Waals surface area contributed by atoms with Gasteiger partial charge in [0.2, 0.25) is 0 Å². The average molecular weight is 245 g/mol. The minimum absolute atomic E-state index is 0.365. The Labute approximate surface area is 107 Å². The molecule has 0 radical (unpaired) electrons. The van der Waals surface area contributed by atoms with Gasteiger partial charge in [-0.15, -0.1) is 0 Å². The molecule has 0 aliphatic heterocycles. The Morgan fingerprint density at radius 1 is 1.33 bits per heavy atom. The van der Waals surface area contributed by atoms with E-state index in [1.807, 2.05) is 43.1 Å². The van der Waals surface area contributed by atoms with Crippen molar-refractivity contribution in [3.8, 4) is 5.75 Å². The number of phenols is 1. The van der Waals surface area contributed by atoms with Crippen LogP contribution in [0.15, 0.2) is 24.5 Å². The molecule has 0 bridgehead atoms. The highest BCUT2D eigenvalue weighted by Crippen LogP contribution is 2.28. The molecule has 0 fully saturated rings. The van der Waals surface area contributed by atoms with Crippen LogP contribution in [0, 0.1) is 13.8 Å². The third-order valence-corrected chi connectivity index (χ3v) is 3.13. The van der Waals surface area contributed by atoms with E-state index >= 15 is 0 Å². The molecule has 0 amide bonds. The summed E-state index contributed by atoms with van der Waals surface area (Å²) in [4.78, 5) is 0. The second-order valence-electron chi connectivity index (χ2n) is 4.46. The molecule has 0 spiro atoms. The van der Waals surface area contributed by atoms with E-state index in [9.17, 15) is 5.11 Å². The maximum Gasteiger partial charge on any atom is 0.123 e. The molecule has 0 saturated carbocycles. The van der Waals surface area contributed by atoms with Crippen LogP contribution in [0.2, 0.25) is 0 Å². The van der Waals surface area contributed by atoms with Crippen LogP contribution in [0.25, 0.3) is 0 Å². The molecular weight excluding hydrogens is 226 g/mol. The number of nitrogens with zero attached hydrogens (tertiary/aromatic N) is 2. The summed E-state index contributed by atoms with van der Waals surface area (Å²) in [5.41, 5.74) is 3.88. The second-order valence-corrected chi connectivity index (χ2v) is 4.46. The molecule has 2 N–H and O–H groups in total. The SMILES string of the molecule is CCn1cc(CNc2ccc(C)c(O)c2C)cn1. The smallest absolute Gasteiger partial charge is 0.123 e. The van der Waals surface area contributed by atoms with Gasteiger partial charge in [0, 0.05) is 36.1 Å². The van der Waals surface area contributed by atoms with E-state index in [4.69, 9.17) is 0 Å². The summed E-state index contributed by atoms with van der Waals surface area (Å²) < 4.78 is 1.90. The van der Waals surface area contributed by atoms with Crippen molar-refractivity contribution >= 4 is 5.69 Å². The van der Waals surface area contributed by atoms with E-state index in [-0.39, 0.29) is 0 Å². The third-order valence-electron chi connectivity index (χ3n) is 3.13. The van der Waals surface area contributed by atoms with Gasteiger partial charge in [0.1, 0.15) is 5.75 Å². The number of aryl methyl sites for hydroxylation is 2. The molecule has 0 aliphatic carbocycles. The normalized spacial score (nSPS) is 10.6. The van der Waals surface area contributed by atoms with Crippen LogP contribution in [-0.2, 0) is 13.1 Å². The minimum atomic E-state index is 0.365. The van der Waals surface area contributed by atoms with E-state index < -0.39 is 0 Å². The number of rotatable bonds is 4. The number of hydrogen-bond acceptors (Lipinski definition) is 3. The summed E-state index contributed by atoms with van der Waals surface area (Å²) in [6, 6.07) is 3.91. The highest BCUT2D eigenvalue weighted by Gasteiger charge is 2.06. The lowest BCUT2D eigenvalue weighted by molar-refractivity contribution is 0.467. The Hall–Kier alpha value is -1.97. The Bertz CT molecular complexity index is 546. The molecule has 2 aromatic rings. The predicted octanol–water partition coefficient (Wildman–Crippen LogP) is 2.84. The van der Waals surface area contributed by atoms with Crippen LogP contribution >= 0.6 is 0 Å². The molecule has 0 unspecified atom stereocenters. The highest BCUT2D eigenvalue weighted by molar-refractivity contribution is 5.59. The summed E-state index contributed by atoms with van der Waals surface area (Å²) >= 11 is 0. The van der Waals surface area contributed by atoms with Gasteiger partial charge in [-0.3, -0.25) is 4.68 Å². The van der Waals surface area contributed by atoms with Crippen LogP contribution in [0.3, 0.4) is 0 Å². The van der Waals surface area contributed by atoms with E-state index in [2.05, 4.69) is 17.3 Å². The molecule has 96 valence electrons. The van der Waals surface area contributed by atoms with Gasteiger partial charge in [-0.2, -0.15) is 5.10 Å². The summed E-state index contributed by atoms with van der Waals surface area (Å²) in [6.45, 7) is 7.47. The molecule has 0 saturated heterocycles. The lowest BCUT2D eigenvalue weighted by Gasteiger charge is -2.11. The molecule has 0 aliphatic rings. The topological polar surface area (TPSA) is 50.1 Å². The van der Waals surface area contributed by atoms with Crippen molar-refractivity contribution in [3.05, 3.63) is 41.2 Å². The largest absolute Gasteiger partial charge is 0.507 e. The number of aromatic nitrogens is 2. The molecule has 18 heavy (non-hydrogen) atoms. The van der Waals surface area contributed by atoms with Crippen molar-refractivity contribution in [2.24, 2.45) is 0 Å². The standard InChI is InChI=1S/C14H19N3O/c1-4-17-9-12(8-16-17)7-15-13-6-5-10(2)14(18)11(13)3/h5-6,8-9,15,18H,4,7H2,1-3H3. The maximum atomic E-state index is 9.87. The molecule has 2 rings (SSSR count). The molecule has 4 heteroatoms. The van der Waals surface area contributed by atoms with Crippen LogP contribution in [0.5, 0.6) is 5.75 Å². The van der Waals surface area contributed by atoms with Crippen molar-refractivity contribution in [2.45, 2.75) is 33.9 Å². The Morgan fingerprint density at radius 3 is 2.78 bits per heavy atom. The summed E-state index contributed by atoms with van der Waals surface area (Å²) in [5, 5.41) is 17.4. The first kappa shape index (κ1) is 12.5. The third kappa shape index (κ3) is 2.47. The summed E-state index contributed by atoms with van der Waals surface area (Å²) in [6.07, 6.45) is 3.89. The first-order valence-electron chi connectivity index (χ1n) is 6.16. The van der Waals surface area contributed by atoms with Gasteiger partial charge in [-0.1, -0.05) is 6.07 Å². The summed E-state index contributed by atoms with van der Waals surface area (Å²) in [5.74, 6) is 0.365. The minimum Gasteiger partial charge on any atom is -0.507 e. The Balaban J connectivity index is 2.08. The van der Waals surface area contributed by atoms with E-state index in [0.717, 1.165) is 28.9 Å². The second kappa shape index (κ2) is 5.12. The van der Waals surface area contributed by atoms with E-state index in [0.29, 0.717) is 12.3 Å². The molecular formula is C14H19N3O. The molecule has 4 nitrogen and oxygen atoms in total. The van der Waals surface area contributed by atoms with Crippen LogP contribution in [-0.4, -0.2) is 14.9 Å². The summed E-state index contributed by atoms with van der Waals surface area (Å²) in [7, 11) is 0. The van der Waals surface area contributed by atoms with Gasteiger partial charge in [-0.05, 0) is 32.4 Å². The van der Waals surface area contributed by atoms with Crippen molar-refractivity contribution in [1.82, 2.24) is 9.78 Å². The van der Waals surface area contributed by atoms with Gasteiger partial charge in [0.05, 0.1) is 6.20 Å². The first-order valence-corrected chi connectivity index (χ1v) is 6.16. The van der Waals surface area contributed by atoms with Gasteiger partial charge < -0.3 is 10.4 Å². The lowest BCUT2D eigenvalue weighted by Crippen LogP contribution is -2.01. The lowest BCUT2D eigenvalue weighted by atomic mass is 10.1. The Morgan fingerprint density at radius 2 is 2.11 bits per heavy atom. The van der Waals surface area contributed by atoms with Crippen LogP contribution in [0.4, 0.5) is 5.69 Å². The highest BCUT2D eigenvalue weighted by atomic mass is 16.3. The fourth-order valence-corrected chi connectivity index (χ4v) is 1.89. The van der Waals surface area contributed by atoms with Crippen molar-refractivity contribution in [2.75, 3.05) is 5.32 Å². The fraction of sp³-hybridized carbons (Fsp3) is 0.357. The number of nitrogens with one attached hydrogen (secondary N) is 1. The number of anilines is 1. The maximum absolute atomic E-state index is 9.87. The molecule has 1 heterocycles. The number of hydrogen-bond donors (Lipinski definition) is 2. The molecule has 1 aromatic carbocycles. The molecule has 0 atom stereocenters. The van der Waals surface area contributed by atoms with Gasteiger partial charge in [-0.25, -0.2) is 0 Å². The average Bonchev–Trinajstić information content (AvgIpc) is 2.83. The van der Waals surface area contributed by atoms with E-state index in [1.54, 1.807) is 0 Å². The zero-order chi connectivity index (χ0) is 13.1. The van der Waals surface area contributed by atoms with Crippen molar-refractivity contribution in [1.29, 1.82) is 0 Å². The number of benzene rings is 1. The monoisotopic (exact) mass is 245 g/mol. The van der Waals surface area contributed by atoms with Crippen LogP contribution < -0.4 is 5.32 Å². The van der Waals surface area contributed by atoms with Gasteiger partial charge in [0.25, 0.3) is 0 Å². The van der Waals surface area contributed by atoms with Crippen LogP contribution in [0.1, 0.15) is 23.6 Å². The van der Waals surface area contributed by atoms with Gasteiger partial charge in [0.15, 0.2) is 0 Å². The zero-order valence-corrected chi connectivity index (χ0v) is 11.1. The zero-order valence-electron chi connectivity index (χ0n) is 11.1. The Kier molecular flexibility index (Phi) is 3.55. The van der Waals surface area contributed by atoms with Crippen molar-refractivity contribution < 1.29 is 5.11 Å². The predicted molar refractivity (Wildman–Crippen MR) is 72.8 cm³/mol. The van der Waals surface area contributed by atoms with E-state index in [1.165, 1.54) is 0 Å². The quantitative estimate of drug-likeness (QED) is 0.870. The van der Waals surface area contributed by atoms with Crippen molar-refractivity contribution in [3.63, 3.8) is 0 Å². The molecule has 1 aromatic heterocycles. The van der Waals surface area contributed by atoms with Gasteiger partial charge >= 0.3 is 0 Å².